The molecular formula is C11H12Cl2. The van der Waals surface area contributed by atoms with Crippen molar-refractivity contribution in [1.29, 1.82) is 0 Å². The molecule has 1 unspecified atom stereocenters. The predicted molar refractivity (Wildman–Crippen MR) is 59.7 cm³/mol. The van der Waals surface area contributed by atoms with Crippen molar-refractivity contribution in [3.05, 3.63) is 46.5 Å². The third-order valence-corrected chi connectivity index (χ3v) is 2.59. The van der Waals surface area contributed by atoms with E-state index in [2.05, 4.69) is 13.5 Å². The van der Waals surface area contributed by atoms with Crippen molar-refractivity contribution in [2.24, 2.45) is 0 Å². The molecule has 1 rings (SSSR count). The van der Waals surface area contributed by atoms with E-state index in [9.17, 15) is 0 Å². The Kier molecular flexibility index (Phi) is 3.83. The molecule has 0 aromatic heterocycles. The maximum absolute atomic E-state index is 6.03. The average molecular weight is 215 g/mol. The van der Waals surface area contributed by atoms with Gasteiger partial charge in [0.05, 0.1) is 0 Å². The van der Waals surface area contributed by atoms with Crippen molar-refractivity contribution in [3.63, 3.8) is 0 Å². The molecule has 0 spiro atoms. The lowest BCUT2D eigenvalue weighted by Gasteiger charge is -2.11. The van der Waals surface area contributed by atoms with Crippen LogP contribution >= 0.6 is 23.2 Å². The highest BCUT2D eigenvalue weighted by atomic mass is 35.5. The van der Waals surface area contributed by atoms with Gasteiger partial charge in [-0.25, -0.2) is 0 Å². The fraction of sp³-hybridized carbons (Fsp3) is 0.273. The first-order valence-electron chi connectivity index (χ1n) is 4.21. The topological polar surface area (TPSA) is 0 Å². The largest absolute Gasteiger partial charge is 0.103 e. The molecule has 0 bridgehead atoms. The summed E-state index contributed by atoms with van der Waals surface area (Å²) in [4.78, 5) is 0. The average Bonchev–Trinajstić information content (AvgIpc) is 2.09. The number of hydrogen-bond donors (Lipinski definition) is 0. The van der Waals surface area contributed by atoms with E-state index in [0.717, 1.165) is 22.0 Å². The molecule has 2 heteroatoms. The Bertz CT molecular complexity index is 305. The van der Waals surface area contributed by atoms with Crippen molar-refractivity contribution >= 4 is 23.2 Å². The van der Waals surface area contributed by atoms with Gasteiger partial charge in [-0.2, -0.15) is 0 Å². The van der Waals surface area contributed by atoms with Crippen molar-refractivity contribution in [2.75, 3.05) is 0 Å². The van der Waals surface area contributed by atoms with Gasteiger partial charge in [-0.3, -0.25) is 0 Å². The van der Waals surface area contributed by atoms with E-state index in [1.165, 1.54) is 0 Å². The van der Waals surface area contributed by atoms with Gasteiger partial charge in [-0.1, -0.05) is 36.2 Å². The first-order valence-corrected chi connectivity index (χ1v) is 4.96. The Labute approximate surface area is 89.2 Å². The summed E-state index contributed by atoms with van der Waals surface area (Å²) in [6.07, 6.45) is 2.81. The Morgan fingerprint density at radius 2 is 2.15 bits per heavy atom. The molecule has 0 N–H and O–H groups in total. The zero-order chi connectivity index (χ0) is 9.84. The van der Waals surface area contributed by atoms with Crippen LogP contribution in [0.15, 0.2) is 30.9 Å². The number of halogens is 2. The second-order valence-corrected chi connectivity index (χ2v) is 3.93. The summed E-state index contributed by atoms with van der Waals surface area (Å²) in [6.45, 7) is 5.81. The van der Waals surface area contributed by atoms with Crippen LogP contribution in [0.3, 0.4) is 0 Å². The summed E-state index contributed by atoms with van der Waals surface area (Å²) in [5.74, 6) is 0.378. The molecule has 0 radical (unpaired) electrons. The molecule has 0 fully saturated rings. The lowest BCUT2D eigenvalue weighted by Crippen LogP contribution is -1.92. The normalized spacial score (nSPS) is 12.5. The molecule has 0 nitrogen and oxygen atoms in total. The molecule has 0 heterocycles. The molecule has 1 atom stereocenters. The fourth-order valence-corrected chi connectivity index (χ4v) is 1.75. The molecule has 0 saturated carbocycles. The molecule has 13 heavy (non-hydrogen) atoms. The second-order valence-electron chi connectivity index (χ2n) is 3.09. The van der Waals surface area contributed by atoms with Crippen LogP contribution in [0.1, 0.15) is 24.8 Å². The van der Waals surface area contributed by atoms with Crippen LogP contribution in [0.25, 0.3) is 0 Å². The van der Waals surface area contributed by atoms with E-state index in [4.69, 9.17) is 23.2 Å². The predicted octanol–water partition coefficient (Wildman–Crippen LogP) is 4.67. The van der Waals surface area contributed by atoms with E-state index in [1.807, 2.05) is 18.2 Å². The minimum Gasteiger partial charge on any atom is -0.103 e. The van der Waals surface area contributed by atoms with Gasteiger partial charge in [-0.05, 0) is 36.1 Å². The van der Waals surface area contributed by atoms with Gasteiger partial charge >= 0.3 is 0 Å². The number of allylic oxidation sites excluding steroid dienone is 1. The fourth-order valence-electron chi connectivity index (χ4n) is 1.27. The second kappa shape index (κ2) is 4.69. The van der Waals surface area contributed by atoms with Crippen LogP contribution in [0.2, 0.25) is 10.0 Å². The van der Waals surface area contributed by atoms with Crippen LogP contribution in [-0.4, -0.2) is 0 Å². The Morgan fingerprint density at radius 1 is 1.46 bits per heavy atom. The number of benzene rings is 1. The molecule has 0 aliphatic heterocycles. The zero-order valence-corrected chi connectivity index (χ0v) is 9.07. The van der Waals surface area contributed by atoms with E-state index in [-0.39, 0.29) is 0 Å². The van der Waals surface area contributed by atoms with Crippen molar-refractivity contribution in [1.82, 2.24) is 0 Å². The first kappa shape index (κ1) is 10.6. The Morgan fingerprint density at radius 3 is 2.77 bits per heavy atom. The number of hydrogen-bond acceptors (Lipinski definition) is 0. The Hall–Kier alpha value is -0.460. The zero-order valence-electron chi connectivity index (χ0n) is 7.56. The van der Waals surface area contributed by atoms with Crippen LogP contribution in [0, 0.1) is 0 Å². The SMILES string of the molecule is C=CCC(C)c1cc(Cl)ccc1Cl. The summed E-state index contributed by atoms with van der Waals surface area (Å²) >= 11 is 11.9. The van der Waals surface area contributed by atoms with Gasteiger partial charge in [-0.15, -0.1) is 6.58 Å². The van der Waals surface area contributed by atoms with Gasteiger partial charge in [0, 0.05) is 10.0 Å². The maximum Gasteiger partial charge on any atom is 0.0441 e. The molecule has 1 aromatic rings. The highest BCUT2D eigenvalue weighted by Gasteiger charge is 2.08. The van der Waals surface area contributed by atoms with Gasteiger partial charge in [0.15, 0.2) is 0 Å². The Balaban J connectivity index is 2.97. The van der Waals surface area contributed by atoms with Crippen molar-refractivity contribution in [3.8, 4) is 0 Å². The molecule has 70 valence electrons. The first-order chi connectivity index (χ1) is 6.15. The lowest BCUT2D eigenvalue weighted by atomic mass is 9.98. The highest BCUT2D eigenvalue weighted by molar-refractivity contribution is 6.33. The smallest absolute Gasteiger partial charge is 0.0441 e. The third-order valence-electron chi connectivity index (χ3n) is 2.01. The number of rotatable bonds is 3. The van der Waals surface area contributed by atoms with Crippen LogP contribution in [-0.2, 0) is 0 Å². The van der Waals surface area contributed by atoms with Gasteiger partial charge < -0.3 is 0 Å². The molecule has 1 aromatic carbocycles. The summed E-state index contributed by atoms with van der Waals surface area (Å²) in [7, 11) is 0. The van der Waals surface area contributed by atoms with Gasteiger partial charge in [0.2, 0.25) is 0 Å². The minimum atomic E-state index is 0.378. The van der Waals surface area contributed by atoms with Crippen molar-refractivity contribution in [2.45, 2.75) is 19.3 Å². The quantitative estimate of drug-likeness (QED) is 0.642. The summed E-state index contributed by atoms with van der Waals surface area (Å²) in [5.41, 5.74) is 1.09. The van der Waals surface area contributed by atoms with E-state index < -0.39 is 0 Å². The molecular weight excluding hydrogens is 203 g/mol. The van der Waals surface area contributed by atoms with E-state index in [0.29, 0.717) is 5.92 Å². The van der Waals surface area contributed by atoms with E-state index >= 15 is 0 Å². The molecule has 0 amide bonds. The standard InChI is InChI=1S/C11H12Cl2/c1-3-4-8(2)10-7-9(12)5-6-11(10)13/h3,5-8H,1,4H2,2H3. The van der Waals surface area contributed by atoms with Gasteiger partial charge in [0.1, 0.15) is 0 Å². The van der Waals surface area contributed by atoms with Crippen LogP contribution < -0.4 is 0 Å². The summed E-state index contributed by atoms with van der Waals surface area (Å²) in [5, 5.41) is 1.51. The summed E-state index contributed by atoms with van der Waals surface area (Å²) in [6, 6.07) is 5.55. The van der Waals surface area contributed by atoms with Crippen LogP contribution in [0.4, 0.5) is 0 Å². The van der Waals surface area contributed by atoms with E-state index in [1.54, 1.807) is 6.07 Å². The highest BCUT2D eigenvalue weighted by Crippen LogP contribution is 2.29. The monoisotopic (exact) mass is 214 g/mol. The molecule has 0 aliphatic carbocycles. The van der Waals surface area contributed by atoms with Crippen molar-refractivity contribution < 1.29 is 0 Å². The van der Waals surface area contributed by atoms with Gasteiger partial charge in [0.25, 0.3) is 0 Å². The third kappa shape index (κ3) is 2.75. The molecule has 0 saturated heterocycles. The lowest BCUT2D eigenvalue weighted by molar-refractivity contribution is 0.782. The summed E-state index contributed by atoms with van der Waals surface area (Å²) < 4.78 is 0. The molecule has 0 aliphatic rings. The minimum absolute atomic E-state index is 0.378. The van der Waals surface area contributed by atoms with Crippen LogP contribution in [0.5, 0.6) is 0 Å². The maximum atomic E-state index is 6.03.